The topological polar surface area (TPSA) is 46.6 Å². The van der Waals surface area contributed by atoms with E-state index in [1.807, 2.05) is 4.90 Å². The van der Waals surface area contributed by atoms with Crippen molar-refractivity contribution in [3.8, 4) is 0 Å². The summed E-state index contributed by atoms with van der Waals surface area (Å²) < 4.78 is 4.85. The average Bonchev–Trinajstić information content (AvgIpc) is 2.27. The molecule has 4 nitrogen and oxygen atoms in total. The van der Waals surface area contributed by atoms with Crippen LogP contribution in [0.2, 0.25) is 0 Å². The lowest BCUT2D eigenvalue weighted by Gasteiger charge is -2.25. The fourth-order valence-electron chi connectivity index (χ4n) is 1.73. The van der Waals surface area contributed by atoms with Crippen molar-refractivity contribution < 1.29 is 14.3 Å². The van der Waals surface area contributed by atoms with Gasteiger partial charge in [-0.3, -0.25) is 4.79 Å². The molecule has 0 aliphatic carbocycles. The minimum atomic E-state index is -0.513. The summed E-state index contributed by atoms with van der Waals surface area (Å²) in [6.45, 7) is 5.25. The molecule has 4 heteroatoms. The Morgan fingerprint density at radius 1 is 1.25 bits per heavy atom. The van der Waals surface area contributed by atoms with Crippen LogP contribution in [0.5, 0.6) is 0 Å². The first kappa shape index (κ1) is 12.7. The van der Waals surface area contributed by atoms with E-state index in [1.54, 1.807) is 13.1 Å². The van der Waals surface area contributed by atoms with Crippen molar-refractivity contribution in [1.82, 2.24) is 4.90 Å². The summed E-state index contributed by atoms with van der Waals surface area (Å²) >= 11 is 0. The molecule has 0 aromatic heterocycles. The molecular formula is C12H19NO3. The molecule has 0 unspecified atom stereocenters. The number of likely N-dealkylation sites (tertiary alicyclic amines) is 1. The van der Waals surface area contributed by atoms with E-state index in [0.29, 0.717) is 6.61 Å². The zero-order valence-corrected chi connectivity index (χ0v) is 9.99. The molecule has 1 fully saturated rings. The smallest absolute Gasteiger partial charge is 0.343 e. The van der Waals surface area contributed by atoms with Gasteiger partial charge in [0.15, 0.2) is 5.78 Å². The predicted octanol–water partition coefficient (Wildman–Crippen LogP) is 1.51. The van der Waals surface area contributed by atoms with Crippen molar-refractivity contribution in [3.63, 3.8) is 0 Å². The Balaban J connectivity index is 2.71. The van der Waals surface area contributed by atoms with Gasteiger partial charge in [-0.15, -0.1) is 0 Å². The van der Waals surface area contributed by atoms with Gasteiger partial charge < -0.3 is 9.64 Å². The molecule has 0 radical (unpaired) electrons. The van der Waals surface area contributed by atoms with Gasteiger partial charge in [0.1, 0.15) is 5.57 Å². The van der Waals surface area contributed by atoms with Gasteiger partial charge >= 0.3 is 5.97 Å². The van der Waals surface area contributed by atoms with Crippen molar-refractivity contribution in [1.29, 1.82) is 0 Å². The highest BCUT2D eigenvalue weighted by molar-refractivity contribution is 6.16. The average molecular weight is 225 g/mol. The van der Waals surface area contributed by atoms with Crippen LogP contribution in [0.3, 0.4) is 0 Å². The number of esters is 1. The van der Waals surface area contributed by atoms with Crippen molar-refractivity contribution in [2.45, 2.75) is 33.1 Å². The zero-order valence-electron chi connectivity index (χ0n) is 9.99. The summed E-state index contributed by atoms with van der Waals surface area (Å²) in [4.78, 5) is 24.9. The highest BCUT2D eigenvalue weighted by Gasteiger charge is 2.18. The first-order chi connectivity index (χ1) is 7.65. The number of Topliss-reactive ketones (excluding diaryl/α,β-unsaturated/α-hetero) is 1. The molecule has 16 heavy (non-hydrogen) atoms. The van der Waals surface area contributed by atoms with E-state index < -0.39 is 5.97 Å². The standard InChI is InChI=1S/C12H19NO3/c1-3-16-12(15)11(10(2)14)9-13-7-5-4-6-8-13/h9H,3-8H2,1-2H3/b11-9-. The Morgan fingerprint density at radius 2 is 1.88 bits per heavy atom. The number of rotatable bonds is 4. The highest BCUT2D eigenvalue weighted by atomic mass is 16.5. The van der Waals surface area contributed by atoms with Crippen molar-refractivity contribution >= 4 is 11.8 Å². The molecule has 0 saturated carbocycles. The molecule has 1 aliphatic rings. The second kappa shape index (κ2) is 6.30. The Kier molecular flexibility index (Phi) is 5.02. The molecule has 1 rings (SSSR count). The normalized spacial score (nSPS) is 17.1. The third-order valence-corrected chi connectivity index (χ3v) is 2.58. The van der Waals surface area contributed by atoms with Crippen LogP contribution in [0.25, 0.3) is 0 Å². The van der Waals surface area contributed by atoms with Gasteiger partial charge in [-0.25, -0.2) is 4.79 Å². The lowest BCUT2D eigenvalue weighted by Crippen LogP contribution is -2.27. The van der Waals surface area contributed by atoms with Crippen LogP contribution in [0.4, 0.5) is 0 Å². The van der Waals surface area contributed by atoms with Crippen molar-refractivity contribution in [3.05, 3.63) is 11.8 Å². The van der Waals surface area contributed by atoms with Crippen LogP contribution in [0.1, 0.15) is 33.1 Å². The maximum atomic E-state index is 11.5. The number of hydrogen-bond acceptors (Lipinski definition) is 4. The molecule has 90 valence electrons. The zero-order chi connectivity index (χ0) is 12.0. The Bertz CT molecular complexity index is 291. The number of carbonyl (C=O) groups is 2. The summed E-state index contributed by atoms with van der Waals surface area (Å²) in [5.41, 5.74) is 0.156. The summed E-state index contributed by atoms with van der Waals surface area (Å²) in [5, 5.41) is 0. The minimum Gasteiger partial charge on any atom is -0.462 e. The molecule has 0 aromatic rings. The van der Waals surface area contributed by atoms with Gasteiger partial charge in [-0.1, -0.05) is 0 Å². The third kappa shape index (κ3) is 3.68. The van der Waals surface area contributed by atoms with Crippen LogP contribution in [0, 0.1) is 0 Å². The van der Waals surface area contributed by atoms with Gasteiger partial charge in [-0.2, -0.15) is 0 Å². The van der Waals surface area contributed by atoms with Gasteiger partial charge in [-0.05, 0) is 33.1 Å². The van der Waals surface area contributed by atoms with Gasteiger partial charge in [0.2, 0.25) is 0 Å². The van der Waals surface area contributed by atoms with Gasteiger partial charge in [0.25, 0.3) is 0 Å². The molecular weight excluding hydrogens is 206 g/mol. The quantitative estimate of drug-likeness (QED) is 0.315. The summed E-state index contributed by atoms with van der Waals surface area (Å²) in [7, 11) is 0. The first-order valence-corrected chi connectivity index (χ1v) is 5.79. The molecule has 1 saturated heterocycles. The van der Waals surface area contributed by atoms with E-state index in [0.717, 1.165) is 25.9 Å². The molecule has 0 amide bonds. The summed E-state index contributed by atoms with van der Waals surface area (Å²) in [6, 6.07) is 0. The largest absolute Gasteiger partial charge is 0.462 e. The van der Waals surface area contributed by atoms with E-state index in [-0.39, 0.29) is 11.4 Å². The van der Waals surface area contributed by atoms with Crippen molar-refractivity contribution in [2.24, 2.45) is 0 Å². The number of ether oxygens (including phenoxy) is 1. The maximum Gasteiger partial charge on any atom is 0.343 e. The molecule has 0 spiro atoms. The van der Waals surface area contributed by atoms with E-state index in [2.05, 4.69) is 0 Å². The van der Waals surface area contributed by atoms with Crippen LogP contribution < -0.4 is 0 Å². The summed E-state index contributed by atoms with van der Waals surface area (Å²) in [5.74, 6) is -0.746. The van der Waals surface area contributed by atoms with Gasteiger partial charge in [0, 0.05) is 19.3 Å². The number of ketones is 1. The number of nitrogens with zero attached hydrogens (tertiary/aromatic N) is 1. The lowest BCUT2D eigenvalue weighted by molar-refractivity contribution is -0.139. The van der Waals surface area contributed by atoms with Crippen molar-refractivity contribution in [2.75, 3.05) is 19.7 Å². The fourth-order valence-corrected chi connectivity index (χ4v) is 1.73. The molecule has 0 N–H and O–H groups in total. The van der Waals surface area contributed by atoms with Crippen LogP contribution in [-0.4, -0.2) is 36.3 Å². The minimum absolute atomic E-state index is 0.156. The van der Waals surface area contributed by atoms with E-state index in [9.17, 15) is 9.59 Å². The molecule has 0 bridgehead atoms. The Morgan fingerprint density at radius 3 is 2.38 bits per heavy atom. The third-order valence-electron chi connectivity index (χ3n) is 2.58. The van der Waals surface area contributed by atoms with E-state index in [1.165, 1.54) is 13.3 Å². The summed E-state index contributed by atoms with van der Waals surface area (Å²) in [6.07, 6.45) is 5.10. The Hall–Kier alpha value is -1.32. The maximum absolute atomic E-state index is 11.5. The van der Waals surface area contributed by atoms with Crippen LogP contribution in [-0.2, 0) is 14.3 Å². The number of hydrogen-bond donors (Lipinski definition) is 0. The molecule has 0 aromatic carbocycles. The lowest BCUT2D eigenvalue weighted by atomic mass is 10.1. The number of piperidine rings is 1. The number of carbonyl (C=O) groups excluding carboxylic acids is 2. The van der Waals surface area contributed by atoms with Crippen LogP contribution >= 0.6 is 0 Å². The monoisotopic (exact) mass is 225 g/mol. The first-order valence-electron chi connectivity index (χ1n) is 5.79. The fraction of sp³-hybridized carbons (Fsp3) is 0.667. The van der Waals surface area contributed by atoms with E-state index >= 15 is 0 Å². The van der Waals surface area contributed by atoms with Crippen LogP contribution in [0.15, 0.2) is 11.8 Å². The second-order valence-electron chi connectivity index (χ2n) is 3.92. The predicted molar refractivity (Wildman–Crippen MR) is 60.8 cm³/mol. The van der Waals surface area contributed by atoms with E-state index in [4.69, 9.17) is 4.74 Å². The SMILES string of the molecule is CCOC(=O)/C(=C\N1CCCCC1)C(C)=O. The second-order valence-corrected chi connectivity index (χ2v) is 3.92. The Labute approximate surface area is 96.3 Å². The molecule has 0 atom stereocenters. The molecule has 1 aliphatic heterocycles. The molecule has 1 heterocycles. The highest BCUT2D eigenvalue weighted by Crippen LogP contribution is 2.11. The van der Waals surface area contributed by atoms with Gasteiger partial charge in [0.05, 0.1) is 6.61 Å².